The highest BCUT2D eigenvalue weighted by Crippen LogP contribution is 2.18. The van der Waals surface area contributed by atoms with E-state index in [-0.39, 0.29) is 25.0 Å². The molecule has 0 saturated carbocycles. The van der Waals surface area contributed by atoms with Crippen LogP contribution in [0.1, 0.15) is 41.9 Å². The molecule has 28 heavy (non-hydrogen) atoms. The molecule has 1 N–H and O–H groups in total. The van der Waals surface area contributed by atoms with Crippen molar-refractivity contribution in [3.05, 3.63) is 51.8 Å². The lowest BCUT2D eigenvalue weighted by molar-refractivity contribution is -0.148. The molecule has 1 atom stereocenters. The highest BCUT2D eigenvalue weighted by Gasteiger charge is 2.14. The van der Waals surface area contributed by atoms with E-state index in [1.165, 1.54) is 11.8 Å². The van der Waals surface area contributed by atoms with Gasteiger partial charge in [-0.05, 0) is 56.7 Å². The van der Waals surface area contributed by atoms with Crippen LogP contribution in [-0.2, 0) is 20.7 Å². The number of carbonyl (C=O) groups is 2. The second kappa shape index (κ2) is 10.4. The number of nitrogens with one attached hydrogen (secondary N) is 1. The molecule has 0 saturated heterocycles. The van der Waals surface area contributed by atoms with Gasteiger partial charge in [0.25, 0.3) is 5.91 Å². The first-order valence-corrected chi connectivity index (χ1v) is 10.5. The van der Waals surface area contributed by atoms with Crippen LogP contribution in [0.25, 0.3) is 0 Å². The standard InChI is InChI=1S/C20H24ClN3O3S/c1-12(15-6-5-7-16(21)10-15)22-18(25)11-27-19(26)9-8-17-13(2)23-20(28-4)24-14(17)3/h5-7,10,12H,8-9,11H2,1-4H3,(H,22,25)/t12-/m1/s1. The number of nitrogens with zero attached hydrogens (tertiary/aromatic N) is 2. The molecular weight excluding hydrogens is 398 g/mol. The fourth-order valence-electron chi connectivity index (χ4n) is 2.75. The molecule has 150 valence electrons. The third-order valence-electron chi connectivity index (χ3n) is 4.25. The lowest BCUT2D eigenvalue weighted by Crippen LogP contribution is -2.31. The zero-order chi connectivity index (χ0) is 20.7. The Bertz CT molecular complexity index is 837. The number of rotatable bonds is 8. The van der Waals surface area contributed by atoms with Crippen molar-refractivity contribution < 1.29 is 14.3 Å². The van der Waals surface area contributed by atoms with Crippen LogP contribution in [0.2, 0.25) is 5.02 Å². The van der Waals surface area contributed by atoms with E-state index in [4.69, 9.17) is 16.3 Å². The second-order valence-corrected chi connectivity index (χ2v) is 7.57. The third kappa shape index (κ3) is 6.49. The zero-order valence-corrected chi connectivity index (χ0v) is 18.0. The van der Waals surface area contributed by atoms with Gasteiger partial charge in [0.15, 0.2) is 11.8 Å². The number of hydrogen-bond acceptors (Lipinski definition) is 6. The topological polar surface area (TPSA) is 81.2 Å². The Balaban J connectivity index is 1.80. The average molecular weight is 422 g/mol. The molecule has 0 aliphatic heterocycles. The smallest absolute Gasteiger partial charge is 0.306 e. The SMILES string of the molecule is CSc1nc(C)c(CCC(=O)OCC(=O)N[C@H](C)c2cccc(Cl)c2)c(C)n1. The molecule has 0 aliphatic carbocycles. The summed E-state index contributed by atoms with van der Waals surface area (Å²) in [6.45, 7) is 5.33. The Morgan fingerprint density at radius 2 is 1.93 bits per heavy atom. The molecule has 0 unspecified atom stereocenters. The number of aryl methyl sites for hydroxylation is 2. The van der Waals surface area contributed by atoms with Gasteiger partial charge in [-0.3, -0.25) is 9.59 Å². The number of thioether (sulfide) groups is 1. The normalized spacial score (nSPS) is 11.8. The number of aromatic nitrogens is 2. The minimum Gasteiger partial charge on any atom is -0.456 e. The van der Waals surface area contributed by atoms with Crippen molar-refractivity contribution in [1.29, 1.82) is 0 Å². The highest BCUT2D eigenvalue weighted by atomic mass is 35.5. The van der Waals surface area contributed by atoms with Crippen LogP contribution in [0.15, 0.2) is 29.4 Å². The monoisotopic (exact) mass is 421 g/mol. The second-order valence-electron chi connectivity index (χ2n) is 6.36. The molecule has 2 rings (SSSR count). The maximum atomic E-state index is 12.0. The maximum absolute atomic E-state index is 12.0. The molecule has 0 spiro atoms. The van der Waals surface area contributed by atoms with E-state index >= 15 is 0 Å². The van der Waals surface area contributed by atoms with Gasteiger partial charge in [0, 0.05) is 22.8 Å². The number of carbonyl (C=O) groups excluding carboxylic acids is 2. The van der Waals surface area contributed by atoms with E-state index in [0.29, 0.717) is 16.6 Å². The van der Waals surface area contributed by atoms with Gasteiger partial charge < -0.3 is 10.1 Å². The van der Waals surface area contributed by atoms with Crippen molar-refractivity contribution in [3.63, 3.8) is 0 Å². The molecule has 6 nitrogen and oxygen atoms in total. The van der Waals surface area contributed by atoms with Crippen molar-refractivity contribution >= 4 is 35.2 Å². The van der Waals surface area contributed by atoms with Crippen LogP contribution in [-0.4, -0.2) is 34.7 Å². The van der Waals surface area contributed by atoms with Crippen molar-refractivity contribution in [3.8, 4) is 0 Å². The van der Waals surface area contributed by atoms with E-state index < -0.39 is 5.97 Å². The Hall–Kier alpha value is -2.12. The quantitative estimate of drug-likeness (QED) is 0.396. The van der Waals surface area contributed by atoms with Gasteiger partial charge in [0.05, 0.1) is 6.04 Å². The van der Waals surface area contributed by atoms with E-state index in [2.05, 4.69) is 15.3 Å². The highest BCUT2D eigenvalue weighted by molar-refractivity contribution is 7.98. The molecule has 1 amide bonds. The third-order valence-corrected chi connectivity index (χ3v) is 5.04. The summed E-state index contributed by atoms with van der Waals surface area (Å²) in [4.78, 5) is 32.8. The van der Waals surface area contributed by atoms with Crippen molar-refractivity contribution in [2.24, 2.45) is 0 Å². The fourth-order valence-corrected chi connectivity index (χ4v) is 3.40. The summed E-state index contributed by atoms with van der Waals surface area (Å²) in [5.41, 5.74) is 3.54. The van der Waals surface area contributed by atoms with Crippen LogP contribution in [0.5, 0.6) is 0 Å². The van der Waals surface area contributed by atoms with E-state index in [1.54, 1.807) is 12.1 Å². The van der Waals surface area contributed by atoms with E-state index in [9.17, 15) is 9.59 Å². The first kappa shape index (κ1) is 22.2. The molecule has 0 aliphatic rings. The fraction of sp³-hybridized carbons (Fsp3) is 0.400. The van der Waals surface area contributed by atoms with Gasteiger partial charge in [0.2, 0.25) is 0 Å². The predicted molar refractivity (Wildman–Crippen MR) is 111 cm³/mol. The van der Waals surface area contributed by atoms with Crippen LogP contribution in [0.3, 0.4) is 0 Å². The van der Waals surface area contributed by atoms with Gasteiger partial charge in [-0.1, -0.05) is 35.5 Å². The van der Waals surface area contributed by atoms with Crippen LogP contribution < -0.4 is 5.32 Å². The summed E-state index contributed by atoms with van der Waals surface area (Å²) in [5, 5.41) is 4.10. The van der Waals surface area contributed by atoms with Gasteiger partial charge in [-0.25, -0.2) is 9.97 Å². The summed E-state index contributed by atoms with van der Waals surface area (Å²) in [7, 11) is 0. The molecule has 8 heteroatoms. The lowest BCUT2D eigenvalue weighted by atomic mass is 10.1. The summed E-state index contributed by atoms with van der Waals surface area (Å²) in [6, 6.07) is 7.01. The summed E-state index contributed by atoms with van der Waals surface area (Å²) >= 11 is 7.44. The molecule has 0 fully saturated rings. The molecule has 2 aromatic rings. The molecule has 0 radical (unpaired) electrons. The summed E-state index contributed by atoms with van der Waals surface area (Å²) < 4.78 is 5.09. The van der Waals surface area contributed by atoms with Crippen molar-refractivity contribution in [1.82, 2.24) is 15.3 Å². The largest absolute Gasteiger partial charge is 0.456 e. The molecule has 1 aromatic heterocycles. The minimum absolute atomic E-state index is 0.167. The maximum Gasteiger partial charge on any atom is 0.306 e. The van der Waals surface area contributed by atoms with Crippen LogP contribution in [0, 0.1) is 13.8 Å². The molecule has 1 heterocycles. The van der Waals surface area contributed by atoms with Gasteiger partial charge >= 0.3 is 5.97 Å². The lowest BCUT2D eigenvalue weighted by Gasteiger charge is -2.15. The predicted octanol–water partition coefficient (Wildman–Crippen LogP) is 3.82. The van der Waals surface area contributed by atoms with E-state index in [0.717, 1.165) is 22.5 Å². The minimum atomic E-state index is -0.432. The van der Waals surface area contributed by atoms with Crippen molar-refractivity contribution in [2.75, 3.05) is 12.9 Å². The van der Waals surface area contributed by atoms with Crippen LogP contribution >= 0.6 is 23.4 Å². The summed E-state index contributed by atoms with van der Waals surface area (Å²) in [6.07, 6.45) is 2.57. The average Bonchev–Trinajstić information content (AvgIpc) is 2.65. The Labute approximate surface area is 174 Å². The molecule has 0 bridgehead atoms. The number of benzene rings is 1. The van der Waals surface area contributed by atoms with Gasteiger partial charge in [0.1, 0.15) is 0 Å². The number of amides is 1. The van der Waals surface area contributed by atoms with Gasteiger partial charge in [-0.15, -0.1) is 0 Å². The Kier molecular flexibility index (Phi) is 8.26. The van der Waals surface area contributed by atoms with Crippen molar-refractivity contribution in [2.45, 2.75) is 44.8 Å². The number of hydrogen-bond donors (Lipinski definition) is 1. The first-order chi connectivity index (χ1) is 13.3. The first-order valence-electron chi connectivity index (χ1n) is 8.88. The molecular formula is C20H24ClN3O3S. The Morgan fingerprint density at radius 3 is 2.54 bits per heavy atom. The molecule has 1 aromatic carbocycles. The zero-order valence-electron chi connectivity index (χ0n) is 16.4. The number of halogens is 1. The number of ether oxygens (including phenoxy) is 1. The van der Waals surface area contributed by atoms with E-state index in [1.807, 2.05) is 39.2 Å². The summed E-state index contributed by atoms with van der Waals surface area (Å²) in [5.74, 6) is -0.792. The Morgan fingerprint density at radius 1 is 1.25 bits per heavy atom. The van der Waals surface area contributed by atoms with Gasteiger partial charge in [-0.2, -0.15) is 0 Å². The number of esters is 1. The van der Waals surface area contributed by atoms with Crippen LogP contribution in [0.4, 0.5) is 0 Å².